The molecule has 0 bridgehead atoms. The molecule has 136 valence electrons. The first-order chi connectivity index (χ1) is 12.5. The minimum Gasteiger partial charge on any atom is -0.376 e. The van der Waals surface area contributed by atoms with Gasteiger partial charge >= 0.3 is 0 Å². The molecule has 1 atom stereocenters. The van der Waals surface area contributed by atoms with Gasteiger partial charge in [-0.3, -0.25) is 10.1 Å². The van der Waals surface area contributed by atoms with Crippen LogP contribution in [0.1, 0.15) is 35.5 Å². The highest BCUT2D eigenvalue weighted by Crippen LogP contribution is 2.22. The predicted molar refractivity (Wildman–Crippen MR) is 102 cm³/mol. The van der Waals surface area contributed by atoms with Gasteiger partial charge in [0.1, 0.15) is 11.6 Å². The lowest BCUT2D eigenvalue weighted by atomic mass is 10.1. The highest BCUT2D eigenvalue weighted by atomic mass is 32.1. The fourth-order valence-electron chi connectivity index (χ4n) is 3.13. The molecular formula is C19H22N4O2S. The van der Waals surface area contributed by atoms with Gasteiger partial charge in [-0.2, -0.15) is 5.26 Å². The van der Waals surface area contributed by atoms with Crippen molar-refractivity contribution in [3.05, 3.63) is 39.7 Å². The Bertz CT molecular complexity index is 882. The van der Waals surface area contributed by atoms with Crippen molar-refractivity contribution in [2.24, 2.45) is 0 Å². The van der Waals surface area contributed by atoms with Crippen LogP contribution >= 0.6 is 11.3 Å². The van der Waals surface area contributed by atoms with Crippen molar-refractivity contribution in [1.82, 2.24) is 9.55 Å². The molecule has 26 heavy (non-hydrogen) atoms. The Balaban J connectivity index is 1.80. The van der Waals surface area contributed by atoms with Crippen molar-refractivity contribution in [1.29, 1.82) is 5.26 Å². The largest absolute Gasteiger partial charge is 0.376 e. The van der Waals surface area contributed by atoms with E-state index in [0.29, 0.717) is 5.13 Å². The first-order valence-corrected chi connectivity index (χ1v) is 9.49. The third kappa shape index (κ3) is 4.03. The smallest absolute Gasteiger partial charge is 0.268 e. The number of nitriles is 1. The lowest BCUT2D eigenvalue weighted by molar-refractivity contribution is -0.112. The van der Waals surface area contributed by atoms with Gasteiger partial charge in [-0.25, -0.2) is 4.98 Å². The second kappa shape index (κ2) is 7.85. The molecule has 1 aliphatic rings. The highest BCUT2D eigenvalue weighted by molar-refractivity contribution is 7.13. The lowest BCUT2D eigenvalue weighted by Crippen LogP contribution is -2.17. The number of nitrogens with zero attached hydrogens (tertiary/aromatic N) is 3. The molecule has 0 saturated carbocycles. The topological polar surface area (TPSA) is 79.9 Å². The maximum atomic E-state index is 12.4. The third-order valence-electron chi connectivity index (χ3n) is 4.53. The molecule has 0 radical (unpaired) electrons. The predicted octanol–water partition coefficient (Wildman–Crippen LogP) is 3.59. The molecule has 2 aromatic rings. The fourth-order valence-corrected chi connectivity index (χ4v) is 3.81. The van der Waals surface area contributed by atoms with Crippen LogP contribution in [0.15, 0.2) is 17.0 Å². The number of aromatic nitrogens is 2. The monoisotopic (exact) mass is 370 g/mol. The van der Waals surface area contributed by atoms with Crippen LogP contribution in [-0.4, -0.2) is 28.2 Å². The Hall–Kier alpha value is -2.43. The number of hydrogen-bond donors (Lipinski definition) is 1. The van der Waals surface area contributed by atoms with Crippen molar-refractivity contribution in [3.8, 4) is 6.07 Å². The van der Waals surface area contributed by atoms with E-state index in [0.717, 1.165) is 48.6 Å². The summed E-state index contributed by atoms with van der Waals surface area (Å²) in [5, 5.41) is 14.4. The minimum absolute atomic E-state index is 0.0650. The van der Waals surface area contributed by atoms with E-state index in [2.05, 4.69) is 14.9 Å². The Morgan fingerprint density at radius 2 is 2.35 bits per heavy atom. The van der Waals surface area contributed by atoms with E-state index in [9.17, 15) is 10.1 Å². The number of hydrogen-bond acceptors (Lipinski definition) is 5. The SMILES string of the molecule is Cc1csc(NC(=O)/C(C#N)=C/c2cc(C)n(CC3CCCO3)c2C)n1. The van der Waals surface area contributed by atoms with E-state index >= 15 is 0 Å². The summed E-state index contributed by atoms with van der Waals surface area (Å²) in [6, 6.07) is 4.00. The molecule has 2 aromatic heterocycles. The fraction of sp³-hybridized carbons (Fsp3) is 0.421. The summed E-state index contributed by atoms with van der Waals surface area (Å²) in [4.78, 5) is 16.6. The average Bonchev–Trinajstić information content (AvgIpc) is 3.31. The summed E-state index contributed by atoms with van der Waals surface area (Å²) in [6.45, 7) is 7.52. The molecule has 1 fully saturated rings. The van der Waals surface area contributed by atoms with Gasteiger partial charge in [-0.1, -0.05) is 0 Å². The number of carbonyl (C=O) groups excluding carboxylic acids is 1. The number of rotatable bonds is 5. The zero-order valence-corrected chi connectivity index (χ0v) is 16.0. The average molecular weight is 370 g/mol. The number of carbonyl (C=O) groups is 1. The maximum Gasteiger partial charge on any atom is 0.268 e. The molecule has 0 spiro atoms. The summed E-state index contributed by atoms with van der Waals surface area (Å²) in [6.07, 6.45) is 4.06. The number of ether oxygens (including phenoxy) is 1. The molecule has 1 saturated heterocycles. The van der Waals surface area contributed by atoms with Crippen LogP contribution in [0.3, 0.4) is 0 Å². The van der Waals surface area contributed by atoms with Crippen LogP contribution in [-0.2, 0) is 16.1 Å². The number of thiazole rings is 1. The second-order valence-electron chi connectivity index (χ2n) is 6.49. The second-order valence-corrected chi connectivity index (χ2v) is 7.35. The van der Waals surface area contributed by atoms with Crippen LogP contribution in [0, 0.1) is 32.1 Å². The summed E-state index contributed by atoms with van der Waals surface area (Å²) in [5.74, 6) is -0.439. The van der Waals surface area contributed by atoms with E-state index in [4.69, 9.17) is 4.74 Å². The molecular weight excluding hydrogens is 348 g/mol. The quantitative estimate of drug-likeness (QED) is 0.644. The molecule has 1 unspecified atom stereocenters. The first-order valence-electron chi connectivity index (χ1n) is 8.61. The van der Waals surface area contributed by atoms with Gasteiger partial charge in [0.15, 0.2) is 5.13 Å². The van der Waals surface area contributed by atoms with Gasteiger partial charge in [0.25, 0.3) is 5.91 Å². The third-order valence-corrected chi connectivity index (χ3v) is 5.40. The molecule has 0 aromatic carbocycles. The van der Waals surface area contributed by atoms with E-state index in [-0.39, 0.29) is 11.7 Å². The van der Waals surface area contributed by atoms with Gasteiger partial charge in [0, 0.05) is 29.9 Å². The Morgan fingerprint density at radius 3 is 2.96 bits per heavy atom. The first kappa shape index (κ1) is 18.4. The number of amides is 1. The molecule has 6 nitrogen and oxygen atoms in total. The zero-order chi connectivity index (χ0) is 18.7. The number of nitrogens with one attached hydrogen (secondary N) is 1. The summed E-state index contributed by atoms with van der Waals surface area (Å²) in [5.41, 5.74) is 3.91. The maximum absolute atomic E-state index is 12.4. The minimum atomic E-state index is -0.439. The van der Waals surface area contributed by atoms with Gasteiger partial charge in [-0.15, -0.1) is 11.3 Å². The summed E-state index contributed by atoms with van der Waals surface area (Å²) >= 11 is 1.34. The summed E-state index contributed by atoms with van der Waals surface area (Å²) in [7, 11) is 0. The van der Waals surface area contributed by atoms with Crippen molar-refractivity contribution < 1.29 is 9.53 Å². The van der Waals surface area contributed by atoms with Crippen LogP contribution in [0.2, 0.25) is 0 Å². The van der Waals surface area contributed by atoms with Crippen molar-refractivity contribution in [3.63, 3.8) is 0 Å². The molecule has 7 heteroatoms. The summed E-state index contributed by atoms with van der Waals surface area (Å²) < 4.78 is 7.92. The Morgan fingerprint density at radius 1 is 1.54 bits per heavy atom. The molecule has 3 rings (SSSR count). The van der Waals surface area contributed by atoms with Crippen LogP contribution in [0.25, 0.3) is 6.08 Å². The number of aryl methyl sites for hydroxylation is 2. The van der Waals surface area contributed by atoms with E-state index in [1.807, 2.05) is 38.3 Å². The Kier molecular flexibility index (Phi) is 5.55. The normalized spacial score (nSPS) is 17.3. The van der Waals surface area contributed by atoms with Gasteiger partial charge in [-0.05, 0) is 51.3 Å². The van der Waals surface area contributed by atoms with Gasteiger partial charge in [0.05, 0.1) is 11.8 Å². The van der Waals surface area contributed by atoms with Crippen molar-refractivity contribution in [2.45, 2.75) is 46.3 Å². The molecule has 0 aliphatic carbocycles. The number of anilines is 1. The van der Waals surface area contributed by atoms with E-state index in [1.54, 1.807) is 6.08 Å². The standard InChI is InChI=1S/C19H22N4O2S/c1-12-11-26-19(21-12)22-18(24)16(9-20)8-15-7-13(2)23(14(15)3)10-17-5-4-6-25-17/h7-8,11,17H,4-6,10H2,1-3H3,(H,21,22,24)/b16-8+. The molecule has 3 heterocycles. The van der Waals surface area contributed by atoms with Crippen LogP contribution < -0.4 is 5.32 Å². The Labute approximate surface area is 157 Å². The van der Waals surface area contributed by atoms with E-state index in [1.165, 1.54) is 11.3 Å². The van der Waals surface area contributed by atoms with Crippen LogP contribution in [0.4, 0.5) is 5.13 Å². The van der Waals surface area contributed by atoms with Gasteiger partial charge in [0.2, 0.25) is 0 Å². The van der Waals surface area contributed by atoms with Crippen LogP contribution in [0.5, 0.6) is 0 Å². The zero-order valence-electron chi connectivity index (χ0n) is 15.2. The molecule has 1 N–H and O–H groups in total. The van der Waals surface area contributed by atoms with Crippen molar-refractivity contribution >= 4 is 28.5 Å². The van der Waals surface area contributed by atoms with Gasteiger partial charge < -0.3 is 9.30 Å². The lowest BCUT2D eigenvalue weighted by Gasteiger charge is -2.14. The molecule has 1 amide bonds. The van der Waals surface area contributed by atoms with Crippen molar-refractivity contribution in [2.75, 3.05) is 11.9 Å². The highest BCUT2D eigenvalue weighted by Gasteiger charge is 2.19. The van der Waals surface area contributed by atoms with E-state index < -0.39 is 5.91 Å². The molecule has 1 aliphatic heterocycles.